The first-order valence-electron chi connectivity index (χ1n) is 5.66. The van der Waals surface area contributed by atoms with Crippen molar-refractivity contribution in [3.63, 3.8) is 0 Å². The fourth-order valence-electron chi connectivity index (χ4n) is 1.43. The summed E-state index contributed by atoms with van der Waals surface area (Å²) in [5.74, 6) is -0.812. The normalized spacial score (nSPS) is 10.0. The summed E-state index contributed by atoms with van der Waals surface area (Å²) in [6.07, 6.45) is 0. The van der Waals surface area contributed by atoms with Crippen molar-refractivity contribution < 1.29 is 14.3 Å². The molecule has 0 radical (unpaired) electrons. The fourth-order valence-corrected chi connectivity index (χ4v) is 1.60. The van der Waals surface area contributed by atoms with Gasteiger partial charge < -0.3 is 21.1 Å². The number of halogens is 1. The molecule has 19 heavy (non-hydrogen) atoms. The first-order valence-corrected chi connectivity index (χ1v) is 6.04. The van der Waals surface area contributed by atoms with E-state index in [4.69, 9.17) is 22.1 Å². The highest BCUT2D eigenvalue weighted by Gasteiger charge is 2.10. The molecule has 0 aliphatic heterocycles. The average Bonchev–Trinajstić information content (AvgIpc) is 2.37. The Labute approximate surface area is 116 Å². The molecule has 2 amide bonds. The number of nitrogens with one attached hydrogen (secondary N) is 2. The lowest BCUT2D eigenvalue weighted by molar-refractivity contribution is -0.122. The van der Waals surface area contributed by atoms with Gasteiger partial charge in [0, 0.05) is 24.3 Å². The molecule has 1 aromatic rings. The van der Waals surface area contributed by atoms with Gasteiger partial charge in [0.25, 0.3) is 5.91 Å². The lowest BCUT2D eigenvalue weighted by Gasteiger charge is -2.10. The lowest BCUT2D eigenvalue weighted by atomic mass is 10.1. The van der Waals surface area contributed by atoms with Crippen molar-refractivity contribution in [2.24, 2.45) is 5.73 Å². The van der Waals surface area contributed by atoms with Gasteiger partial charge in [-0.25, -0.2) is 0 Å². The van der Waals surface area contributed by atoms with Crippen LogP contribution in [0.5, 0.6) is 0 Å². The third-order valence-corrected chi connectivity index (χ3v) is 2.51. The number of amides is 2. The largest absolute Gasteiger partial charge is 0.387 e. The Kier molecular flexibility index (Phi) is 6.11. The molecule has 0 bridgehead atoms. The second-order valence-electron chi connectivity index (χ2n) is 3.71. The van der Waals surface area contributed by atoms with Crippen LogP contribution in [0.4, 0.5) is 5.69 Å². The quantitative estimate of drug-likeness (QED) is 0.640. The predicted octanol–water partition coefficient (Wildman–Crippen LogP) is 0.613. The molecule has 6 nitrogen and oxygen atoms in total. The van der Waals surface area contributed by atoms with Gasteiger partial charge in [0.1, 0.15) is 6.61 Å². The van der Waals surface area contributed by atoms with Crippen molar-refractivity contribution in [3.05, 3.63) is 28.8 Å². The van der Waals surface area contributed by atoms with Crippen LogP contribution in [0.25, 0.3) is 0 Å². The summed E-state index contributed by atoms with van der Waals surface area (Å²) in [6, 6.07) is 4.99. The Balaban J connectivity index is 2.49. The van der Waals surface area contributed by atoms with Gasteiger partial charge >= 0.3 is 0 Å². The minimum atomic E-state index is -0.543. The van der Waals surface area contributed by atoms with Gasteiger partial charge in [0.15, 0.2) is 0 Å². The zero-order valence-corrected chi connectivity index (χ0v) is 11.3. The monoisotopic (exact) mass is 285 g/mol. The third kappa shape index (κ3) is 5.15. The van der Waals surface area contributed by atoms with Crippen LogP contribution >= 0.6 is 11.6 Å². The molecule has 0 aliphatic carbocycles. The van der Waals surface area contributed by atoms with E-state index in [1.807, 2.05) is 0 Å². The van der Waals surface area contributed by atoms with Crippen molar-refractivity contribution in [1.29, 1.82) is 0 Å². The van der Waals surface area contributed by atoms with Crippen LogP contribution < -0.4 is 16.4 Å². The van der Waals surface area contributed by atoms with E-state index >= 15 is 0 Å². The van der Waals surface area contributed by atoms with E-state index in [1.54, 1.807) is 25.2 Å². The number of primary amides is 1. The molecule has 0 fully saturated rings. The topological polar surface area (TPSA) is 93.4 Å². The molecule has 1 rings (SSSR count). The Morgan fingerprint density at radius 3 is 2.79 bits per heavy atom. The summed E-state index contributed by atoms with van der Waals surface area (Å²) in [5.41, 5.74) is 6.04. The van der Waals surface area contributed by atoms with Crippen LogP contribution in [0.15, 0.2) is 18.2 Å². The Bertz CT molecular complexity index is 466. The van der Waals surface area contributed by atoms with Crippen LogP contribution in [-0.4, -0.2) is 38.6 Å². The highest BCUT2D eigenvalue weighted by atomic mass is 35.5. The minimum absolute atomic E-state index is 0.158. The van der Waals surface area contributed by atoms with Gasteiger partial charge in [-0.2, -0.15) is 0 Å². The number of nitrogens with two attached hydrogens (primary N) is 1. The standard InChI is InChI=1S/C12H16ClN3O3/c1-15-10-3-2-8(13)6-9(10)12(18)16-4-5-19-7-11(14)17/h2-3,6,15H,4-5,7H2,1H3,(H2,14,17)(H,16,18). The number of hydrogen-bond acceptors (Lipinski definition) is 4. The number of hydrogen-bond donors (Lipinski definition) is 3. The first kappa shape index (κ1) is 15.3. The minimum Gasteiger partial charge on any atom is -0.387 e. The Hall–Kier alpha value is -1.79. The van der Waals surface area contributed by atoms with Crippen molar-refractivity contribution in [2.45, 2.75) is 0 Å². The van der Waals surface area contributed by atoms with Crippen molar-refractivity contribution in [2.75, 3.05) is 32.1 Å². The molecule has 1 aromatic carbocycles. The Morgan fingerprint density at radius 2 is 2.16 bits per heavy atom. The predicted molar refractivity (Wildman–Crippen MR) is 73.3 cm³/mol. The maximum atomic E-state index is 11.9. The zero-order valence-electron chi connectivity index (χ0n) is 10.5. The molecule has 4 N–H and O–H groups in total. The molecular formula is C12H16ClN3O3. The fraction of sp³-hybridized carbons (Fsp3) is 0.333. The molecule has 0 atom stereocenters. The van der Waals surface area contributed by atoms with Gasteiger partial charge in [-0.1, -0.05) is 11.6 Å². The molecule has 0 saturated carbocycles. The van der Waals surface area contributed by atoms with Crippen LogP contribution in [0, 0.1) is 0 Å². The zero-order chi connectivity index (χ0) is 14.3. The average molecular weight is 286 g/mol. The maximum Gasteiger partial charge on any atom is 0.253 e. The second-order valence-corrected chi connectivity index (χ2v) is 4.15. The van der Waals surface area contributed by atoms with Crippen LogP contribution in [0.3, 0.4) is 0 Å². The summed E-state index contributed by atoms with van der Waals surface area (Å²) in [5, 5.41) is 6.05. The van der Waals surface area contributed by atoms with Crippen molar-refractivity contribution >= 4 is 29.1 Å². The van der Waals surface area contributed by atoms with Gasteiger partial charge in [0.05, 0.1) is 12.2 Å². The van der Waals surface area contributed by atoms with Crippen LogP contribution in [0.2, 0.25) is 5.02 Å². The lowest BCUT2D eigenvalue weighted by Crippen LogP contribution is -2.29. The molecule has 0 heterocycles. The van der Waals surface area contributed by atoms with E-state index in [2.05, 4.69) is 10.6 Å². The summed E-state index contributed by atoms with van der Waals surface area (Å²) in [7, 11) is 1.72. The number of carbonyl (C=O) groups excluding carboxylic acids is 2. The molecule has 7 heteroatoms. The number of carbonyl (C=O) groups is 2. The molecule has 0 aliphatic rings. The molecule has 0 saturated heterocycles. The van der Waals surface area contributed by atoms with E-state index in [1.165, 1.54) is 0 Å². The van der Waals surface area contributed by atoms with Gasteiger partial charge in [-0.3, -0.25) is 9.59 Å². The van der Waals surface area contributed by atoms with Crippen molar-refractivity contribution in [1.82, 2.24) is 5.32 Å². The van der Waals surface area contributed by atoms with Gasteiger partial charge in [-0.05, 0) is 18.2 Å². The number of benzene rings is 1. The van der Waals surface area contributed by atoms with Crippen molar-refractivity contribution in [3.8, 4) is 0 Å². The summed E-state index contributed by atoms with van der Waals surface area (Å²) < 4.78 is 4.93. The molecule has 0 aromatic heterocycles. The summed E-state index contributed by atoms with van der Waals surface area (Å²) in [4.78, 5) is 22.3. The molecule has 104 valence electrons. The SMILES string of the molecule is CNc1ccc(Cl)cc1C(=O)NCCOCC(N)=O. The van der Waals surface area contributed by atoms with E-state index in [9.17, 15) is 9.59 Å². The highest BCUT2D eigenvalue weighted by molar-refractivity contribution is 6.31. The Morgan fingerprint density at radius 1 is 1.42 bits per heavy atom. The number of ether oxygens (including phenoxy) is 1. The number of anilines is 1. The van der Waals surface area contributed by atoms with Crippen LogP contribution in [-0.2, 0) is 9.53 Å². The molecule has 0 spiro atoms. The third-order valence-electron chi connectivity index (χ3n) is 2.27. The maximum absolute atomic E-state index is 11.9. The second kappa shape index (κ2) is 7.60. The molecule has 0 unspecified atom stereocenters. The van der Waals surface area contributed by atoms with E-state index in [-0.39, 0.29) is 25.7 Å². The van der Waals surface area contributed by atoms with Gasteiger partial charge in [0.2, 0.25) is 5.91 Å². The van der Waals surface area contributed by atoms with E-state index in [0.29, 0.717) is 16.3 Å². The summed E-state index contributed by atoms with van der Waals surface area (Å²) in [6.45, 7) is 0.334. The number of rotatable bonds is 7. The highest BCUT2D eigenvalue weighted by Crippen LogP contribution is 2.19. The first-order chi connectivity index (χ1) is 9.04. The molecular weight excluding hydrogens is 270 g/mol. The van der Waals surface area contributed by atoms with E-state index in [0.717, 1.165) is 0 Å². The smallest absolute Gasteiger partial charge is 0.253 e. The van der Waals surface area contributed by atoms with Crippen LogP contribution in [0.1, 0.15) is 10.4 Å². The summed E-state index contributed by atoms with van der Waals surface area (Å²) >= 11 is 5.85. The van der Waals surface area contributed by atoms with Gasteiger partial charge in [-0.15, -0.1) is 0 Å². The van der Waals surface area contributed by atoms with E-state index < -0.39 is 5.91 Å².